The first-order valence-corrected chi connectivity index (χ1v) is 16.4. The first kappa shape index (κ1) is 31.3. The molecular weight excluding hydrogens is 584 g/mol. The van der Waals surface area contributed by atoms with Gasteiger partial charge < -0.3 is 15.4 Å². The van der Waals surface area contributed by atoms with Crippen LogP contribution in [-0.2, 0) is 4.74 Å². The van der Waals surface area contributed by atoms with E-state index < -0.39 is 0 Å². The summed E-state index contributed by atoms with van der Waals surface area (Å²) in [7, 11) is 0. The summed E-state index contributed by atoms with van der Waals surface area (Å²) >= 11 is 6.87. The van der Waals surface area contributed by atoms with E-state index in [1.165, 1.54) is 0 Å². The molecule has 0 amide bonds. The van der Waals surface area contributed by atoms with Crippen molar-refractivity contribution in [2.75, 3.05) is 36.9 Å². The van der Waals surface area contributed by atoms with Gasteiger partial charge in [0.2, 0.25) is 0 Å². The first-order chi connectivity index (χ1) is 21.7. The van der Waals surface area contributed by atoms with E-state index in [1.807, 2.05) is 35.0 Å². The number of likely N-dealkylation sites (tertiary alicyclic amines) is 1. The minimum atomic E-state index is -0.257. The van der Waals surface area contributed by atoms with Gasteiger partial charge in [0.25, 0.3) is 0 Å². The van der Waals surface area contributed by atoms with Crippen molar-refractivity contribution in [3.05, 3.63) is 76.7 Å². The molecule has 0 bridgehead atoms. The number of nitrogens with zero attached hydrogens (tertiary/aromatic N) is 6. The molecule has 45 heavy (non-hydrogen) atoms. The van der Waals surface area contributed by atoms with Gasteiger partial charge in [-0.25, -0.2) is 4.68 Å². The number of halogens is 1. The van der Waals surface area contributed by atoms with Crippen LogP contribution in [0.3, 0.4) is 0 Å². The van der Waals surface area contributed by atoms with Gasteiger partial charge in [0, 0.05) is 55.2 Å². The number of pyridine rings is 1. The molecule has 0 saturated carbocycles. The Labute approximate surface area is 270 Å². The summed E-state index contributed by atoms with van der Waals surface area (Å²) in [6.45, 7) is 12.6. The minimum Gasteiger partial charge on any atom is -0.381 e. The molecule has 236 valence electrons. The van der Waals surface area contributed by atoms with Crippen LogP contribution in [0.25, 0.3) is 10.9 Å². The molecule has 2 aliphatic rings. The molecule has 0 aliphatic carbocycles. The SMILES string of the molecule is C[C@H](Nc1c(C#N)cnc2c(Cl)cc(N[C@@H](c3ccccc3)c3cn(C4CCN(C(C)(C)C)CC4)nn3)cc12)C1CCOCC1. The number of piperidine rings is 1. The van der Waals surface area contributed by atoms with Gasteiger partial charge >= 0.3 is 0 Å². The predicted molar refractivity (Wildman–Crippen MR) is 180 cm³/mol. The molecule has 2 aromatic heterocycles. The van der Waals surface area contributed by atoms with E-state index in [2.05, 4.69) is 82.9 Å². The molecule has 2 aromatic carbocycles. The van der Waals surface area contributed by atoms with Gasteiger partial charge in [0.15, 0.2) is 0 Å². The van der Waals surface area contributed by atoms with Crippen LogP contribution in [0.1, 0.15) is 82.3 Å². The fraction of sp³-hybridized carbons (Fsp3) is 0.486. The highest BCUT2D eigenvalue weighted by molar-refractivity contribution is 6.35. The van der Waals surface area contributed by atoms with Crippen LogP contribution in [0.2, 0.25) is 5.02 Å². The smallest absolute Gasteiger partial charge is 0.109 e. The molecule has 6 rings (SSSR count). The summed E-state index contributed by atoms with van der Waals surface area (Å²) in [5.41, 5.74) is 4.80. The number of anilines is 2. The Kier molecular flexibility index (Phi) is 9.27. The second kappa shape index (κ2) is 13.3. The lowest BCUT2D eigenvalue weighted by Gasteiger charge is -2.40. The fourth-order valence-electron chi connectivity index (χ4n) is 6.69. The molecule has 4 aromatic rings. The maximum atomic E-state index is 10.0. The Morgan fingerprint density at radius 2 is 1.78 bits per heavy atom. The highest BCUT2D eigenvalue weighted by atomic mass is 35.5. The molecule has 0 spiro atoms. The van der Waals surface area contributed by atoms with Gasteiger partial charge in [-0.15, -0.1) is 5.10 Å². The number of nitrogens with one attached hydrogen (secondary N) is 2. The molecule has 4 heterocycles. The summed E-state index contributed by atoms with van der Waals surface area (Å²) in [6, 6.07) is 16.8. The third-order valence-corrected chi connectivity index (χ3v) is 9.73. The van der Waals surface area contributed by atoms with Crippen molar-refractivity contribution >= 4 is 33.9 Å². The van der Waals surface area contributed by atoms with Gasteiger partial charge in [-0.3, -0.25) is 9.88 Å². The highest BCUT2D eigenvalue weighted by Crippen LogP contribution is 2.37. The van der Waals surface area contributed by atoms with Crippen molar-refractivity contribution in [3.8, 4) is 6.07 Å². The molecule has 2 saturated heterocycles. The normalized spacial score (nSPS) is 18.4. The highest BCUT2D eigenvalue weighted by Gasteiger charge is 2.29. The monoisotopic (exact) mass is 626 g/mol. The number of aromatic nitrogens is 4. The number of benzene rings is 2. The van der Waals surface area contributed by atoms with Crippen LogP contribution >= 0.6 is 11.6 Å². The largest absolute Gasteiger partial charge is 0.381 e. The summed E-state index contributed by atoms with van der Waals surface area (Å²) < 4.78 is 7.62. The zero-order chi connectivity index (χ0) is 31.6. The van der Waals surface area contributed by atoms with Gasteiger partial charge in [-0.2, -0.15) is 5.26 Å². The van der Waals surface area contributed by atoms with Gasteiger partial charge in [-0.05, 0) is 77.0 Å². The average molecular weight is 627 g/mol. The summed E-state index contributed by atoms with van der Waals surface area (Å²) in [6.07, 6.45) is 7.75. The van der Waals surface area contributed by atoms with Crippen LogP contribution in [0, 0.1) is 17.2 Å². The van der Waals surface area contributed by atoms with E-state index in [-0.39, 0.29) is 17.6 Å². The molecule has 2 fully saturated rings. The Balaban J connectivity index is 1.31. The van der Waals surface area contributed by atoms with E-state index in [1.54, 1.807) is 6.20 Å². The summed E-state index contributed by atoms with van der Waals surface area (Å²) in [5.74, 6) is 0.455. The van der Waals surface area contributed by atoms with Gasteiger partial charge in [0.1, 0.15) is 11.8 Å². The molecule has 10 heteroatoms. The van der Waals surface area contributed by atoms with Gasteiger partial charge in [0.05, 0.1) is 40.1 Å². The Morgan fingerprint density at radius 3 is 2.47 bits per heavy atom. The van der Waals surface area contributed by atoms with E-state index in [0.717, 1.165) is 80.0 Å². The number of rotatable bonds is 8. The van der Waals surface area contributed by atoms with Gasteiger partial charge in [-0.1, -0.05) is 47.1 Å². The number of nitriles is 1. The maximum absolute atomic E-state index is 10.0. The molecule has 0 radical (unpaired) electrons. The molecule has 9 nitrogen and oxygen atoms in total. The number of fused-ring (bicyclic) bond motifs is 1. The zero-order valence-corrected chi connectivity index (χ0v) is 27.4. The lowest BCUT2D eigenvalue weighted by Crippen LogP contribution is -2.46. The van der Waals surface area contributed by atoms with Crippen molar-refractivity contribution in [2.45, 2.75) is 77.0 Å². The van der Waals surface area contributed by atoms with E-state index in [9.17, 15) is 5.26 Å². The van der Waals surface area contributed by atoms with E-state index >= 15 is 0 Å². The second-order valence-corrected chi connectivity index (χ2v) is 13.8. The fourth-order valence-corrected chi connectivity index (χ4v) is 6.96. The standard InChI is InChI=1S/C35H43ClN8O/c1-23(24-12-16-45-17-13-24)39-32-26(20-37)21-38-34-29(32)18-27(19-30(34)36)40-33(25-8-6-5-7-9-25)31-22-44(42-41-31)28-10-14-43(15-11-28)35(2,3)4/h5-9,18-19,21-24,28,33,40H,10-17H2,1-4H3,(H,38,39)/t23-,33-/m0/s1. The topological polar surface area (TPSA) is 104 Å². The molecular formula is C35H43ClN8O. The Morgan fingerprint density at radius 1 is 1.04 bits per heavy atom. The second-order valence-electron chi connectivity index (χ2n) is 13.4. The summed E-state index contributed by atoms with van der Waals surface area (Å²) in [5, 5.41) is 28.0. The van der Waals surface area contributed by atoms with Crippen LogP contribution in [0.15, 0.2) is 54.9 Å². The van der Waals surface area contributed by atoms with Crippen molar-refractivity contribution in [2.24, 2.45) is 5.92 Å². The average Bonchev–Trinajstić information content (AvgIpc) is 3.54. The quantitative estimate of drug-likeness (QED) is 0.211. The summed E-state index contributed by atoms with van der Waals surface area (Å²) in [4.78, 5) is 7.11. The minimum absolute atomic E-state index is 0.157. The van der Waals surface area contributed by atoms with E-state index in [0.29, 0.717) is 28.1 Å². The van der Waals surface area contributed by atoms with E-state index in [4.69, 9.17) is 16.3 Å². The Bertz CT molecular complexity index is 1650. The van der Waals surface area contributed by atoms with Crippen molar-refractivity contribution < 1.29 is 4.74 Å². The van der Waals surface area contributed by atoms with Crippen molar-refractivity contribution in [3.63, 3.8) is 0 Å². The number of hydrogen-bond acceptors (Lipinski definition) is 8. The van der Waals surface area contributed by atoms with Crippen molar-refractivity contribution in [1.29, 1.82) is 5.26 Å². The number of hydrogen-bond donors (Lipinski definition) is 2. The third kappa shape index (κ3) is 6.94. The van der Waals surface area contributed by atoms with Crippen LogP contribution in [0.5, 0.6) is 0 Å². The lowest BCUT2D eigenvalue weighted by molar-refractivity contribution is 0.0622. The predicted octanol–water partition coefficient (Wildman–Crippen LogP) is 7.22. The van der Waals surface area contributed by atoms with Crippen molar-refractivity contribution in [1.82, 2.24) is 24.9 Å². The third-order valence-electron chi connectivity index (χ3n) is 9.45. The molecule has 0 unspecified atom stereocenters. The first-order valence-electron chi connectivity index (χ1n) is 16.1. The maximum Gasteiger partial charge on any atom is 0.109 e. The Hall–Kier alpha value is -3.71. The molecule has 2 aliphatic heterocycles. The van der Waals surface area contributed by atoms with Crippen LogP contribution in [-0.4, -0.2) is 62.8 Å². The lowest BCUT2D eigenvalue weighted by atomic mass is 9.92. The van der Waals surface area contributed by atoms with Crippen LogP contribution < -0.4 is 10.6 Å². The molecule has 2 atom stereocenters. The molecule has 2 N–H and O–H groups in total. The number of ether oxygens (including phenoxy) is 1. The van der Waals surface area contributed by atoms with Crippen LogP contribution in [0.4, 0.5) is 11.4 Å². The zero-order valence-electron chi connectivity index (χ0n) is 26.6.